The van der Waals surface area contributed by atoms with Crippen LogP contribution in [-0.2, 0) is 14.3 Å². The predicted octanol–water partition coefficient (Wildman–Crippen LogP) is 6.23. The van der Waals surface area contributed by atoms with Crippen LogP contribution in [-0.4, -0.2) is 41.2 Å². The van der Waals surface area contributed by atoms with Crippen LogP contribution in [0.25, 0.3) is 0 Å². The van der Waals surface area contributed by atoms with Crippen LogP contribution in [0.4, 0.5) is 0 Å². The Morgan fingerprint density at radius 3 is 1.89 bits per heavy atom. The SMILES string of the molecule is CCCCCCCCC1(CCCCCCCCC(=O)OC)OCC(C)(C)N1O. The second kappa shape index (κ2) is 13.6. The van der Waals surface area contributed by atoms with Gasteiger partial charge in [-0.2, -0.15) is 5.06 Å². The Labute approximate surface area is 173 Å². The number of hydrogen-bond acceptors (Lipinski definition) is 5. The number of nitrogens with zero attached hydrogens (tertiary/aromatic N) is 1. The molecule has 0 amide bonds. The van der Waals surface area contributed by atoms with Gasteiger partial charge in [-0.1, -0.05) is 64.7 Å². The molecular formula is C23H45NO4. The third-order valence-electron chi connectivity index (χ3n) is 6.00. The first-order chi connectivity index (χ1) is 13.4. The Morgan fingerprint density at radius 2 is 1.43 bits per heavy atom. The van der Waals surface area contributed by atoms with E-state index in [0.29, 0.717) is 13.0 Å². The fourth-order valence-electron chi connectivity index (χ4n) is 4.13. The number of unbranched alkanes of at least 4 members (excludes halogenated alkanes) is 10. The van der Waals surface area contributed by atoms with Gasteiger partial charge in [0.05, 0.1) is 19.3 Å². The summed E-state index contributed by atoms with van der Waals surface area (Å²) in [5.74, 6) is -0.110. The van der Waals surface area contributed by atoms with Gasteiger partial charge in [0.15, 0.2) is 0 Å². The molecule has 0 aliphatic carbocycles. The lowest BCUT2D eigenvalue weighted by atomic mass is 9.95. The summed E-state index contributed by atoms with van der Waals surface area (Å²) in [6.07, 6.45) is 16.4. The molecule has 0 aromatic rings. The quantitative estimate of drug-likeness (QED) is 0.246. The highest BCUT2D eigenvalue weighted by atomic mass is 16.6. The number of methoxy groups -OCH3 is 1. The molecule has 1 fully saturated rings. The molecular weight excluding hydrogens is 354 g/mol. The molecule has 1 heterocycles. The lowest BCUT2D eigenvalue weighted by Crippen LogP contribution is -2.50. The molecule has 1 atom stereocenters. The largest absolute Gasteiger partial charge is 0.469 e. The molecule has 1 unspecified atom stereocenters. The van der Waals surface area contributed by atoms with Crippen molar-refractivity contribution >= 4 is 5.97 Å². The average Bonchev–Trinajstić information content (AvgIpc) is 2.90. The molecule has 166 valence electrons. The zero-order valence-corrected chi connectivity index (χ0v) is 18.9. The van der Waals surface area contributed by atoms with E-state index in [9.17, 15) is 10.0 Å². The van der Waals surface area contributed by atoms with E-state index in [4.69, 9.17) is 4.74 Å². The lowest BCUT2D eigenvalue weighted by Gasteiger charge is -2.37. The van der Waals surface area contributed by atoms with Gasteiger partial charge in [0.25, 0.3) is 0 Å². The second-order valence-corrected chi connectivity index (χ2v) is 9.07. The van der Waals surface area contributed by atoms with Gasteiger partial charge in [0.1, 0.15) is 5.72 Å². The van der Waals surface area contributed by atoms with E-state index < -0.39 is 5.72 Å². The van der Waals surface area contributed by atoms with Gasteiger partial charge in [-0.05, 0) is 46.0 Å². The molecule has 0 radical (unpaired) electrons. The van der Waals surface area contributed by atoms with Gasteiger partial charge < -0.3 is 14.7 Å². The summed E-state index contributed by atoms with van der Waals surface area (Å²) in [4.78, 5) is 11.1. The maximum Gasteiger partial charge on any atom is 0.305 e. The summed E-state index contributed by atoms with van der Waals surface area (Å²) in [6.45, 7) is 6.94. The van der Waals surface area contributed by atoms with E-state index in [1.165, 1.54) is 50.7 Å². The minimum Gasteiger partial charge on any atom is -0.469 e. The predicted molar refractivity (Wildman–Crippen MR) is 113 cm³/mol. The number of rotatable bonds is 16. The third-order valence-corrected chi connectivity index (χ3v) is 6.00. The van der Waals surface area contributed by atoms with E-state index >= 15 is 0 Å². The second-order valence-electron chi connectivity index (χ2n) is 9.07. The molecule has 1 rings (SSSR count). The summed E-state index contributed by atoms with van der Waals surface area (Å²) in [5.41, 5.74) is -0.810. The van der Waals surface area contributed by atoms with Crippen molar-refractivity contribution in [1.82, 2.24) is 5.06 Å². The fraction of sp³-hybridized carbons (Fsp3) is 0.957. The van der Waals surface area contributed by atoms with Crippen molar-refractivity contribution in [1.29, 1.82) is 0 Å². The highest BCUT2D eigenvalue weighted by molar-refractivity contribution is 5.68. The maximum absolute atomic E-state index is 11.1. The zero-order chi connectivity index (χ0) is 20.9. The molecule has 5 heteroatoms. The molecule has 0 aromatic carbocycles. The number of carbonyl (C=O) groups excluding carboxylic acids is 1. The van der Waals surface area contributed by atoms with Gasteiger partial charge >= 0.3 is 5.97 Å². The van der Waals surface area contributed by atoms with Crippen molar-refractivity contribution in [2.75, 3.05) is 13.7 Å². The standard InChI is InChI=1S/C23H45NO4/c1-5-6-7-8-12-15-18-23(24(26)22(2,3)20-28-23)19-16-13-10-9-11-14-17-21(25)27-4/h26H,5-20H2,1-4H3. The topological polar surface area (TPSA) is 59.0 Å². The van der Waals surface area contributed by atoms with E-state index in [2.05, 4.69) is 25.5 Å². The first-order valence-corrected chi connectivity index (χ1v) is 11.6. The van der Waals surface area contributed by atoms with Crippen LogP contribution in [0, 0.1) is 0 Å². The number of hydroxylamine groups is 2. The Balaban J connectivity index is 2.30. The van der Waals surface area contributed by atoms with Gasteiger partial charge in [-0.25, -0.2) is 0 Å². The molecule has 1 aliphatic rings. The van der Waals surface area contributed by atoms with Crippen LogP contribution < -0.4 is 0 Å². The van der Waals surface area contributed by atoms with E-state index in [1.54, 1.807) is 0 Å². The summed E-state index contributed by atoms with van der Waals surface area (Å²) in [6, 6.07) is 0. The van der Waals surface area contributed by atoms with Crippen LogP contribution in [0.15, 0.2) is 0 Å². The van der Waals surface area contributed by atoms with Gasteiger partial charge in [-0.15, -0.1) is 0 Å². The van der Waals surface area contributed by atoms with Crippen LogP contribution in [0.1, 0.15) is 117 Å². The van der Waals surface area contributed by atoms with Crippen LogP contribution >= 0.6 is 0 Å². The molecule has 0 bridgehead atoms. The molecule has 0 spiro atoms. The van der Waals surface area contributed by atoms with Crippen molar-refractivity contribution < 1.29 is 19.5 Å². The monoisotopic (exact) mass is 399 g/mol. The minimum atomic E-state index is -0.501. The molecule has 5 nitrogen and oxygen atoms in total. The van der Waals surface area contributed by atoms with E-state index in [1.807, 2.05) is 0 Å². The number of hydrogen-bond donors (Lipinski definition) is 1. The van der Waals surface area contributed by atoms with Crippen LogP contribution in [0.5, 0.6) is 0 Å². The fourth-order valence-corrected chi connectivity index (χ4v) is 4.13. The van der Waals surface area contributed by atoms with Crippen LogP contribution in [0.3, 0.4) is 0 Å². The third kappa shape index (κ3) is 8.79. The Kier molecular flexibility index (Phi) is 12.3. The molecule has 1 saturated heterocycles. The summed E-state index contributed by atoms with van der Waals surface area (Å²) < 4.78 is 10.9. The number of carbonyl (C=O) groups is 1. The van der Waals surface area contributed by atoms with Crippen LogP contribution in [0.2, 0.25) is 0 Å². The Bertz CT molecular complexity index is 427. The summed E-state index contributed by atoms with van der Waals surface area (Å²) in [5, 5.41) is 12.3. The number of esters is 1. The first kappa shape index (κ1) is 25.4. The minimum absolute atomic E-state index is 0.110. The van der Waals surface area contributed by atoms with Crippen molar-refractivity contribution in [3.8, 4) is 0 Å². The molecule has 28 heavy (non-hydrogen) atoms. The average molecular weight is 400 g/mol. The highest BCUT2D eigenvalue weighted by Gasteiger charge is 2.50. The highest BCUT2D eigenvalue weighted by Crippen LogP contribution is 2.40. The maximum atomic E-state index is 11.1. The summed E-state index contributed by atoms with van der Waals surface area (Å²) in [7, 11) is 1.44. The van der Waals surface area contributed by atoms with E-state index in [0.717, 1.165) is 51.4 Å². The van der Waals surface area contributed by atoms with Crippen molar-refractivity contribution in [3.05, 3.63) is 0 Å². The summed E-state index contributed by atoms with van der Waals surface area (Å²) >= 11 is 0. The van der Waals surface area contributed by atoms with Gasteiger partial charge in [-0.3, -0.25) is 4.79 Å². The lowest BCUT2D eigenvalue weighted by molar-refractivity contribution is -0.256. The Hall–Kier alpha value is -0.650. The normalized spacial score (nSPS) is 21.9. The van der Waals surface area contributed by atoms with E-state index in [-0.39, 0.29) is 11.5 Å². The van der Waals surface area contributed by atoms with Crippen molar-refractivity contribution in [2.45, 2.75) is 128 Å². The van der Waals surface area contributed by atoms with Crippen molar-refractivity contribution in [2.24, 2.45) is 0 Å². The molecule has 1 N–H and O–H groups in total. The van der Waals surface area contributed by atoms with Gasteiger partial charge in [0, 0.05) is 6.42 Å². The molecule has 0 saturated carbocycles. The van der Waals surface area contributed by atoms with Crippen molar-refractivity contribution in [3.63, 3.8) is 0 Å². The van der Waals surface area contributed by atoms with Gasteiger partial charge in [0.2, 0.25) is 0 Å². The Morgan fingerprint density at radius 1 is 0.929 bits per heavy atom. The molecule has 0 aromatic heterocycles. The zero-order valence-electron chi connectivity index (χ0n) is 18.9. The number of ether oxygens (including phenoxy) is 2. The first-order valence-electron chi connectivity index (χ1n) is 11.6. The smallest absolute Gasteiger partial charge is 0.305 e. The molecule has 1 aliphatic heterocycles.